The zero-order chi connectivity index (χ0) is 10.6. The van der Waals surface area contributed by atoms with Gasteiger partial charge in [-0.15, -0.1) is 0 Å². The first-order valence-electron chi connectivity index (χ1n) is 5.98. The molecule has 0 unspecified atom stereocenters. The summed E-state index contributed by atoms with van der Waals surface area (Å²) in [6.45, 7) is 6.35. The summed E-state index contributed by atoms with van der Waals surface area (Å²) in [6.07, 6.45) is 3.27. The largest absolute Gasteiger partial charge is 0.381 e. The van der Waals surface area contributed by atoms with Gasteiger partial charge < -0.3 is 15.2 Å². The first-order valence-corrected chi connectivity index (χ1v) is 5.98. The van der Waals surface area contributed by atoms with Crippen LogP contribution >= 0.6 is 0 Å². The van der Waals surface area contributed by atoms with E-state index in [2.05, 4.69) is 4.90 Å². The first kappa shape index (κ1) is 11.3. The maximum absolute atomic E-state index is 5.98. The van der Waals surface area contributed by atoms with Crippen molar-refractivity contribution in [3.63, 3.8) is 0 Å². The van der Waals surface area contributed by atoms with Crippen LogP contribution in [0, 0.1) is 0 Å². The molecule has 88 valence electrons. The number of nitrogens with two attached hydrogens (primary N) is 1. The van der Waals surface area contributed by atoms with Gasteiger partial charge in [0.05, 0.1) is 6.61 Å². The summed E-state index contributed by atoms with van der Waals surface area (Å²) in [6, 6.07) is 0. The topological polar surface area (TPSA) is 47.7 Å². The summed E-state index contributed by atoms with van der Waals surface area (Å²) in [4.78, 5) is 2.53. The van der Waals surface area contributed by atoms with Gasteiger partial charge in [0.2, 0.25) is 0 Å². The van der Waals surface area contributed by atoms with Gasteiger partial charge >= 0.3 is 0 Å². The van der Waals surface area contributed by atoms with Crippen LogP contribution in [-0.4, -0.2) is 56.5 Å². The minimum Gasteiger partial charge on any atom is -0.381 e. The van der Waals surface area contributed by atoms with Gasteiger partial charge in [-0.05, 0) is 19.3 Å². The maximum Gasteiger partial charge on any atom is 0.0593 e. The highest BCUT2D eigenvalue weighted by Gasteiger charge is 2.37. The van der Waals surface area contributed by atoms with E-state index in [4.69, 9.17) is 15.2 Å². The molecule has 0 aliphatic carbocycles. The molecule has 0 radical (unpaired) electrons. The molecule has 0 aromatic carbocycles. The maximum atomic E-state index is 5.98. The number of nitrogens with zero attached hydrogens (tertiary/aromatic N) is 1. The molecule has 0 spiro atoms. The van der Waals surface area contributed by atoms with Gasteiger partial charge in [0.1, 0.15) is 0 Å². The third-order valence-corrected chi connectivity index (χ3v) is 3.70. The predicted octanol–water partition coefficient (Wildman–Crippen LogP) is 0.217. The third-order valence-electron chi connectivity index (χ3n) is 3.70. The van der Waals surface area contributed by atoms with Crippen LogP contribution < -0.4 is 5.73 Å². The van der Waals surface area contributed by atoms with E-state index in [1.54, 1.807) is 0 Å². The van der Waals surface area contributed by atoms with Crippen LogP contribution in [0.5, 0.6) is 0 Å². The zero-order valence-electron chi connectivity index (χ0n) is 9.41. The Morgan fingerprint density at radius 1 is 1.00 bits per heavy atom. The lowest BCUT2D eigenvalue weighted by Gasteiger charge is -2.45. The molecule has 2 aliphatic heterocycles. The van der Waals surface area contributed by atoms with Crippen molar-refractivity contribution in [2.45, 2.75) is 24.8 Å². The standard InChI is InChI=1S/C11H22N2O2/c12-10-11(2-7-15-8-3-11)13-4-1-6-14-9-5-13/h1-10,12H2. The van der Waals surface area contributed by atoms with Crippen LogP contribution in [0.3, 0.4) is 0 Å². The average molecular weight is 214 g/mol. The van der Waals surface area contributed by atoms with E-state index in [1.165, 1.54) is 0 Å². The fourth-order valence-corrected chi connectivity index (χ4v) is 2.62. The number of ether oxygens (including phenoxy) is 2. The van der Waals surface area contributed by atoms with Crippen molar-refractivity contribution >= 4 is 0 Å². The second-order valence-corrected chi connectivity index (χ2v) is 4.49. The quantitative estimate of drug-likeness (QED) is 0.714. The third kappa shape index (κ3) is 2.50. The van der Waals surface area contributed by atoms with Crippen molar-refractivity contribution in [3.05, 3.63) is 0 Å². The Balaban J connectivity index is 2.01. The molecule has 2 aliphatic rings. The normalized spacial score (nSPS) is 28.6. The Labute approximate surface area is 91.7 Å². The van der Waals surface area contributed by atoms with Crippen molar-refractivity contribution in [3.8, 4) is 0 Å². The summed E-state index contributed by atoms with van der Waals surface area (Å²) in [7, 11) is 0. The van der Waals surface area contributed by atoms with E-state index in [9.17, 15) is 0 Å². The summed E-state index contributed by atoms with van der Waals surface area (Å²) in [5.41, 5.74) is 6.17. The molecule has 0 amide bonds. The van der Waals surface area contributed by atoms with Crippen molar-refractivity contribution < 1.29 is 9.47 Å². The monoisotopic (exact) mass is 214 g/mol. The summed E-state index contributed by atoms with van der Waals surface area (Å²) >= 11 is 0. The zero-order valence-corrected chi connectivity index (χ0v) is 9.41. The summed E-state index contributed by atoms with van der Waals surface area (Å²) < 4.78 is 10.9. The second-order valence-electron chi connectivity index (χ2n) is 4.49. The molecule has 2 N–H and O–H groups in total. The molecule has 0 aromatic rings. The number of hydrogen-bond acceptors (Lipinski definition) is 4. The predicted molar refractivity (Wildman–Crippen MR) is 58.8 cm³/mol. The molecule has 15 heavy (non-hydrogen) atoms. The molecule has 0 atom stereocenters. The fraction of sp³-hybridized carbons (Fsp3) is 1.00. The van der Waals surface area contributed by atoms with Gasteiger partial charge in [-0.25, -0.2) is 0 Å². The van der Waals surface area contributed by atoms with Gasteiger partial charge in [0.15, 0.2) is 0 Å². The molecule has 0 bridgehead atoms. The Bertz CT molecular complexity index is 185. The molecular formula is C11H22N2O2. The van der Waals surface area contributed by atoms with Crippen LogP contribution in [0.15, 0.2) is 0 Å². The lowest BCUT2D eigenvalue weighted by molar-refractivity contribution is -0.0246. The molecule has 2 heterocycles. The van der Waals surface area contributed by atoms with Crippen molar-refractivity contribution in [1.82, 2.24) is 4.90 Å². The van der Waals surface area contributed by atoms with Crippen LogP contribution in [0.1, 0.15) is 19.3 Å². The SMILES string of the molecule is NCC1(N2CCCOCC2)CCOCC1. The van der Waals surface area contributed by atoms with Crippen molar-refractivity contribution in [2.24, 2.45) is 5.73 Å². The van der Waals surface area contributed by atoms with Crippen molar-refractivity contribution in [2.75, 3.05) is 46.1 Å². The van der Waals surface area contributed by atoms with E-state index in [-0.39, 0.29) is 5.54 Å². The lowest BCUT2D eigenvalue weighted by atomic mass is 9.88. The van der Waals surface area contributed by atoms with E-state index in [1.807, 2.05) is 0 Å². The summed E-state index contributed by atoms with van der Waals surface area (Å²) in [5.74, 6) is 0. The average Bonchev–Trinajstić information content (AvgIpc) is 2.59. The minimum absolute atomic E-state index is 0.186. The van der Waals surface area contributed by atoms with E-state index in [0.29, 0.717) is 0 Å². The van der Waals surface area contributed by atoms with Crippen LogP contribution in [0.25, 0.3) is 0 Å². The minimum atomic E-state index is 0.186. The molecule has 2 fully saturated rings. The second kappa shape index (κ2) is 5.25. The number of rotatable bonds is 2. The first-order chi connectivity index (χ1) is 7.37. The lowest BCUT2D eigenvalue weighted by Crippen LogP contribution is -2.57. The summed E-state index contributed by atoms with van der Waals surface area (Å²) in [5, 5.41) is 0. The van der Waals surface area contributed by atoms with Gasteiger partial charge in [-0.2, -0.15) is 0 Å². The molecule has 2 rings (SSSR count). The highest BCUT2D eigenvalue weighted by atomic mass is 16.5. The number of hydrogen-bond donors (Lipinski definition) is 1. The Morgan fingerprint density at radius 2 is 1.73 bits per heavy atom. The fourth-order valence-electron chi connectivity index (χ4n) is 2.62. The van der Waals surface area contributed by atoms with Crippen LogP contribution in [-0.2, 0) is 9.47 Å². The molecule has 4 nitrogen and oxygen atoms in total. The van der Waals surface area contributed by atoms with E-state index >= 15 is 0 Å². The molecule has 2 saturated heterocycles. The highest BCUT2D eigenvalue weighted by molar-refractivity contribution is 4.94. The van der Waals surface area contributed by atoms with Gasteiger partial charge in [-0.3, -0.25) is 4.90 Å². The van der Waals surface area contributed by atoms with Crippen LogP contribution in [0.4, 0.5) is 0 Å². The molecule has 0 saturated carbocycles. The Kier molecular flexibility index (Phi) is 3.97. The smallest absolute Gasteiger partial charge is 0.0593 e. The van der Waals surface area contributed by atoms with Gasteiger partial charge in [0, 0.05) is 45.0 Å². The van der Waals surface area contributed by atoms with Gasteiger partial charge in [0.25, 0.3) is 0 Å². The molecule has 4 heteroatoms. The van der Waals surface area contributed by atoms with Crippen molar-refractivity contribution in [1.29, 1.82) is 0 Å². The Hall–Kier alpha value is -0.160. The van der Waals surface area contributed by atoms with Gasteiger partial charge in [-0.1, -0.05) is 0 Å². The Morgan fingerprint density at radius 3 is 2.47 bits per heavy atom. The van der Waals surface area contributed by atoms with Crippen LogP contribution in [0.2, 0.25) is 0 Å². The molecular weight excluding hydrogens is 192 g/mol. The van der Waals surface area contributed by atoms with E-state index in [0.717, 1.165) is 65.3 Å². The van der Waals surface area contributed by atoms with E-state index < -0.39 is 0 Å². The highest BCUT2D eigenvalue weighted by Crippen LogP contribution is 2.27. The molecule has 0 aromatic heterocycles.